The molecule has 2 rings (SSSR count). The molecule has 0 radical (unpaired) electrons. The molecule has 0 saturated carbocycles. The summed E-state index contributed by atoms with van der Waals surface area (Å²) in [6.07, 6.45) is 0.216. The molecule has 0 aromatic heterocycles. The number of phenols is 2. The summed E-state index contributed by atoms with van der Waals surface area (Å²) in [7, 11) is 0. The summed E-state index contributed by atoms with van der Waals surface area (Å²) in [6.45, 7) is 5.61. The fourth-order valence-electron chi connectivity index (χ4n) is 2.52. The van der Waals surface area contributed by atoms with Crippen molar-refractivity contribution in [2.24, 2.45) is 5.84 Å². The molecule has 1 saturated heterocycles. The second-order valence-corrected chi connectivity index (χ2v) is 6.07. The van der Waals surface area contributed by atoms with Crippen LogP contribution in [0, 0.1) is 0 Å². The molecule has 1 atom stereocenters. The number of carbonyl (C=O) groups excluding carboxylic acids is 1. The van der Waals surface area contributed by atoms with Crippen molar-refractivity contribution < 1.29 is 24.5 Å². The number of nitrogens with one attached hydrogen (secondary N) is 1. The molecule has 1 aliphatic heterocycles. The van der Waals surface area contributed by atoms with Crippen molar-refractivity contribution >= 4 is 5.97 Å². The lowest BCUT2D eigenvalue weighted by Crippen LogP contribution is -2.55. The Morgan fingerprint density at radius 2 is 2.08 bits per heavy atom. The minimum absolute atomic E-state index is 0.214. The predicted octanol–water partition coefficient (Wildman–Crippen LogP) is -0.262. The van der Waals surface area contributed by atoms with Crippen LogP contribution in [0.15, 0.2) is 18.2 Å². The third kappa shape index (κ3) is 4.81. The lowest BCUT2D eigenvalue weighted by Gasteiger charge is -2.29. The van der Waals surface area contributed by atoms with Crippen LogP contribution in [0.4, 0.5) is 0 Å². The Labute approximate surface area is 141 Å². The van der Waals surface area contributed by atoms with E-state index in [-0.39, 0.29) is 24.5 Å². The number of phenolic OH excluding ortho intramolecular Hbond substituents is 2. The zero-order valence-electron chi connectivity index (χ0n) is 13.8. The van der Waals surface area contributed by atoms with Gasteiger partial charge in [0.05, 0.1) is 13.2 Å². The maximum absolute atomic E-state index is 12.4. The summed E-state index contributed by atoms with van der Waals surface area (Å²) in [5, 5.41) is 18.9. The highest BCUT2D eigenvalue weighted by Gasteiger charge is 2.34. The fourth-order valence-corrected chi connectivity index (χ4v) is 2.52. The van der Waals surface area contributed by atoms with Gasteiger partial charge in [-0.3, -0.25) is 10.7 Å². The van der Waals surface area contributed by atoms with Gasteiger partial charge in [-0.15, -0.1) is 0 Å². The molecule has 1 heterocycles. The summed E-state index contributed by atoms with van der Waals surface area (Å²) < 4.78 is 10.6. The third-order valence-corrected chi connectivity index (χ3v) is 4.11. The first kappa shape index (κ1) is 18.5. The van der Waals surface area contributed by atoms with E-state index in [0.717, 1.165) is 13.1 Å². The van der Waals surface area contributed by atoms with Crippen LogP contribution >= 0.6 is 0 Å². The molecule has 24 heavy (non-hydrogen) atoms. The molecule has 8 heteroatoms. The molecule has 5 N–H and O–H groups in total. The zero-order valence-corrected chi connectivity index (χ0v) is 13.8. The summed E-state index contributed by atoms with van der Waals surface area (Å²) >= 11 is 0. The number of morpholine rings is 1. The molecular weight excluding hydrogens is 314 g/mol. The zero-order chi connectivity index (χ0) is 17.6. The molecule has 134 valence electrons. The van der Waals surface area contributed by atoms with Crippen molar-refractivity contribution in [3.8, 4) is 11.5 Å². The van der Waals surface area contributed by atoms with Crippen LogP contribution in [0.1, 0.15) is 12.5 Å². The number of carbonyl (C=O) groups is 1. The Morgan fingerprint density at radius 1 is 1.38 bits per heavy atom. The van der Waals surface area contributed by atoms with E-state index < -0.39 is 11.5 Å². The minimum atomic E-state index is -1.13. The molecule has 1 aromatic rings. The van der Waals surface area contributed by atoms with Gasteiger partial charge in [-0.1, -0.05) is 6.07 Å². The number of hydrogen-bond acceptors (Lipinski definition) is 8. The van der Waals surface area contributed by atoms with E-state index >= 15 is 0 Å². The second-order valence-electron chi connectivity index (χ2n) is 6.07. The van der Waals surface area contributed by atoms with Crippen molar-refractivity contribution in [1.29, 1.82) is 0 Å². The molecule has 1 fully saturated rings. The van der Waals surface area contributed by atoms with Gasteiger partial charge in [0.15, 0.2) is 11.5 Å². The minimum Gasteiger partial charge on any atom is -0.504 e. The Kier molecular flexibility index (Phi) is 6.38. The van der Waals surface area contributed by atoms with E-state index in [1.165, 1.54) is 12.1 Å². The van der Waals surface area contributed by atoms with Crippen molar-refractivity contribution in [2.75, 3.05) is 39.5 Å². The topological polar surface area (TPSA) is 117 Å². The number of ether oxygens (including phenoxy) is 2. The van der Waals surface area contributed by atoms with Crippen molar-refractivity contribution in [3.05, 3.63) is 23.8 Å². The van der Waals surface area contributed by atoms with Gasteiger partial charge in [-0.05, 0) is 24.6 Å². The molecule has 1 aliphatic rings. The van der Waals surface area contributed by atoms with Crippen LogP contribution in [-0.4, -0.2) is 66.1 Å². The Balaban J connectivity index is 1.89. The van der Waals surface area contributed by atoms with Crippen LogP contribution in [-0.2, 0) is 20.7 Å². The SMILES string of the molecule is C[C@@](Cc1ccc(O)c(O)c1)(NN)C(=O)OCCN1CCOCC1. The summed E-state index contributed by atoms with van der Waals surface area (Å²) in [4.78, 5) is 14.5. The standard InChI is InChI=1S/C16H25N3O5/c1-16(18-17,11-12-2-3-13(20)14(21)10-12)15(22)24-9-6-19-4-7-23-8-5-19/h2-3,10,18,20-21H,4-9,11,17H2,1H3/t16-/m0/s1. The van der Waals surface area contributed by atoms with Crippen molar-refractivity contribution in [3.63, 3.8) is 0 Å². The van der Waals surface area contributed by atoms with Gasteiger partial charge >= 0.3 is 5.97 Å². The highest BCUT2D eigenvalue weighted by atomic mass is 16.5. The molecule has 0 amide bonds. The van der Waals surface area contributed by atoms with Crippen LogP contribution in [0.25, 0.3) is 0 Å². The number of rotatable bonds is 7. The molecule has 0 unspecified atom stereocenters. The first-order valence-electron chi connectivity index (χ1n) is 7.90. The lowest BCUT2D eigenvalue weighted by atomic mass is 9.93. The highest BCUT2D eigenvalue weighted by molar-refractivity contribution is 5.80. The third-order valence-electron chi connectivity index (χ3n) is 4.11. The smallest absolute Gasteiger partial charge is 0.327 e. The van der Waals surface area contributed by atoms with Gasteiger partial charge in [0.2, 0.25) is 0 Å². The number of benzene rings is 1. The van der Waals surface area contributed by atoms with E-state index in [4.69, 9.17) is 15.3 Å². The fraction of sp³-hybridized carbons (Fsp3) is 0.562. The van der Waals surface area contributed by atoms with Crippen LogP contribution in [0.5, 0.6) is 11.5 Å². The molecule has 0 bridgehead atoms. The number of aromatic hydroxyl groups is 2. The predicted molar refractivity (Wildman–Crippen MR) is 87.4 cm³/mol. The number of esters is 1. The lowest BCUT2D eigenvalue weighted by molar-refractivity contribution is -0.151. The van der Waals surface area contributed by atoms with Gasteiger partial charge in [-0.25, -0.2) is 10.2 Å². The number of hydrazine groups is 1. The van der Waals surface area contributed by atoms with Crippen molar-refractivity contribution in [1.82, 2.24) is 10.3 Å². The van der Waals surface area contributed by atoms with Gasteiger partial charge in [-0.2, -0.15) is 0 Å². The number of nitrogens with zero attached hydrogens (tertiary/aromatic N) is 1. The average Bonchev–Trinajstić information content (AvgIpc) is 2.59. The van der Waals surface area contributed by atoms with Gasteiger partial charge in [0.1, 0.15) is 12.1 Å². The van der Waals surface area contributed by atoms with E-state index in [0.29, 0.717) is 25.3 Å². The molecular formula is C16H25N3O5. The van der Waals surface area contributed by atoms with E-state index in [2.05, 4.69) is 10.3 Å². The first-order chi connectivity index (χ1) is 11.4. The Bertz CT molecular complexity index is 563. The second kappa shape index (κ2) is 8.29. The number of hydrogen-bond donors (Lipinski definition) is 4. The van der Waals surface area contributed by atoms with E-state index in [1.54, 1.807) is 13.0 Å². The first-order valence-corrected chi connectivity index (χ1v) is 7.90. The largest absolute Gasteiger partial charge is 0.504 e. The van der Waals surface area contributed by atoms with E-state index in [1.807, 2.05) is 0 Å². The summed E-state index contributed by atoms with van der Waals surface area (Å²) in [5.74, 6) is 4.63. The Hall–Kier alpha value is -1.87. The maximum Gasteiger partial charge on any atom is 0.327 e. The quantitative estimate of drug-likeness (QED) is 0.232. The molecule has 1 aromatic carbocycles. The Morgan fingerprint density at radius 3 is 2.71 bits per heavy atom. The number of nitrogens with two attached hydrogens (primary N) is 1. The molecule has 8 nitrogen and oxygen atoms in total. The van der Waals surface area contributed by atoms with Gasteiger partial charge < -0.3 is 19.7 Å². The van der Waals surface area contributed by atoms with Crippen LogP contribution < -0.4 is 11.3 Å². The average molecular weight is 339 g/mol. The van der Waals surface area contributed by atoms with Crippen molar-refractivity contribution in [2.45, 2.75) is 18.9 Å². The molecule has 0 spiro atoms. The molecule has 0 aliphatic carbocycles. The van der Waals surface area contributed by atoms with Crippen LogP contribution in [0.2, 0.25) is 0 Å². The summed E-state index contributed by atoms with van der Waals surface area (Å²) in [6, 6.07) is 4.38. The summed E-state index contributed by atoms with van der Waals surface area (Å²) in [5.41, 5.74) is 2.02. The van der Waals surface area contributed by atoms with Gasteiger partial charge in [0, 0.05) is 26.1 Å². The normalized spacial score (nSPS) is 18.1. The highest BCUT2D eigenvalue weighted by Crippen LogP contribution is 2.27. The van der Waals surface area contributed by atoms with Gasteiger partial charge in [0.25, 0.3) is 0 Å². The monoisotopic (exact) mass is 339 g/mol. The maximum atomic E-state index is 12.4. The van der Waals surface area contributed by atoms with E-state index in [9.17, 15) is 15.0 Å². The van der Waals surface area contributed by atoms with Crippen LogP contribution in [0.3, 0.4) is 0 Å².